The molecule has 0 fully saturated rings. The van der Waals surface area contributed by atoms with Gasteiger partial charge in [-0.15, -0.1) is 0 Å². The quantitative estimate of drug-likeness (QED) is 0.913. The van der Waals surface area contributed by atoms with Gasteiger partial charge >= 0.3 is 0 Å². The second-order valence-electron chi connectivity index (χ2n) is 5.76. The Morgan fingerprint density at radius 2 is 2.05 bits per heavy atom. The molecule has 1 amide bonds. The van der Waals surface area contributed by atoms with Crippen LogP contribution >= 0.6 is 11.6 Å². The highest BCUT2D eigenvalue weighted by Gasteiger charge is 2.27. The summed E-state index contributed by atoms with van der Waals surface area (Å²) < 4.78 is 19.1. The predicted molar refractivity (Wildman–Crippen MR) is 78.9 cm³/mol. The molecule has 0 radical (unpaired) electrons. The van der Waals surface area contributed by atoms with E-state index in [-0.39, 0.29) is 27.8 Å². The zero-order valence-corrected chi connectivity index (χ0v) is 13.0. The number of amides is 1. The molecule has 0 aliphatic rings. The van der Waals surface area contributed by atoms with Gasteiger partial charge in [-0.1, -0.05) is 22.8 Å². The molecule has 1 N–H and O–H groups in total. The molecule has 4 nitrogen and oxygen atoms in total. The van der Waals surface area contributed by atoms with Crippen molar-refractivity contribution in [3.8, 4) is 11.3 Å². The van der Waals surface area contributed by atoms with Crippen molar-refractivity contribution in [2.24, 2.45) is 0 Å². The standard InChI is InChI=1S/C15H16ClFN2O2/c1-8-11(14(20)18-15(2,3)4)13(19-21-8)12-9(16)6-5-7-10(12)17/h5-7H,1-4H3,(H,18,20). The molecule has 0 aliphatic carbocycles. The summed E-state index contributed by atoms with van der Waals surface area (Å²) in [5.74, 6) is -0.623. The number of aryl methyl sites for hydroxylation is 1. The highest BCUT2D eigenvalue weighted by Crippen LogP contribution is 2.33. The highest BCUT2D eigenvalue weighted by molar-refractivity contribution is 6.33. The minimum atomic E-state index is -0.555. The van der Waals surface area contributed by atoms with E-state index in [9.17, 15) is 9.18 Å². The van der Waals surface area contributed by atoms with E-state index in [2.05, 4.69) is 10.5 Å². The molecular weight excluding hydrogens is 295 g/mol. The predicted octanol–water partition coefficient (Wildman–Crippen LogP) is 3.97. The van der Waals surface area contributed by atoms with E-state index in [0.717, 1.165) is 0 Å². The Hall–Kier alpha value is -1.88. The number of carbonyl (C=O) groups is 1. The van der Waals surface area contributed by atoms with Gasteiger partial charge in [-0.25, -0.2) is 4.39 Å². The first-order chi connectivity index (χ1) is 9.70. The minimum absolute atomic E-state index is 0.0649. The van der Waals surface area contributed by atoms with Crippen LogP contribution in [0.4, 0.5) is 4.39 Å². The average Bonchev–Trinajstić information content (AvgIpc) is 2.68. The van der Waals surface area contributed by atoms with Crippen molar-refractivity contribution in [3.63, 3.8) is 0 Å². The lowest BCUT2D eigenvalue weighted by Gasteiger charge is -2.20. The number of aromatic nitrogens is 1. The van der Waals surface area contributed by atoms with Crippen molar-refractivity contribution in [2.75, 3.05) is 0 Å². The molecule has 0 spiro atoms. The van der Waals surface area contributed by atoms with Crippen LogP contribution in [0.25, 0.3) is 11.3 Å². The third-order valence-electron chi connectivity index (χ3n) is 2.78. The van der Waals surface area contributed by atoms with Crippen molar-refractivity contribution < 1.29 is 13.7 Å². The van der Waals surface area contributed by atoms with Crippen molar-refractivity contribution in [1.82, 2.24) is 10.5 Å². The molecule has 112 valence electrons. The van der Waals surface area contributed by atoms with Gasteiger partial charge in [0.1, 0.15) is 22.8 Å². The molecule has 1 aromatic heterocycles. The lowest BCUT2D eigenvalue weighted by atomic mass is 10.0. The molecular formula is C15H16ClFN2O2. The van der Waals surface area contributed by atoms with E-state index in [4.69, 9.17) is 16.1 Å². The first-order valence-corrected chi connectivity index (χ1v) is 6.81. The Kier molecular flexibility index (Phi) is 4.05. The molecule has 0 saturated carbocycles. The number of nitrogens with one attached hydrogen (secondary N) is 1. The van der Waals surface area contributed by atoms with Crippen molar-refractivity contribution in [2.45, 2.75) is 33.2 Å². The molecule has 0 atom stereocenters. The third kappa shape index (κ3) is 3.24. The maximum absolute atomic E-state index is 14.0. The second-order valence-corrected chi connectivity index (χ2v) is 6.17. The SMILES string of the molecule is Cc1onc(-c2c(F)cccc2Cl)c1C(=O)NC(C)(C)C. The fourth-order valence-corrected chi connectivity index (χ4v) is 2.19. The fourth-order valence-electron chi connectivity index (χ4n) is 1.94. The number of hydrogen-bond donors (Lipinski definition) is 1. The monoisotopic (exact) mass is 310 g/mol. The minimum Gasteiger partial charge on any atom is -0.360 e. The molecule has 1 heterocycles. The van der Waals surface area contributed by atoms with Gasteiger partial charge in [-0.3, -0.25) is 4.79 Å². The maximum Gasteiger partial charge on any atom is 0.257 e. The lowest BCUT2D eigenvalue weighted by molar-refractivity contribution is 0.0918. The molecule has 1 aromatic carbocycles. The van der Waals surface area contributed by atoms with Crippen molar-refractivity contribution in [3.05, 3.63) is 40.4 Å². The summed E-state index contributed by atoms with van der Waals surface area (Å²) in [4.78, 5) is 12.4. The molecule has 2 rings (SSSR count). The number of carbonyl (C=O) groups excluding carboxylic acids is 1. The van der Waals surface area contributed by atoms with Crippen LogP contribution in [0.2, 0.25) is 5.02 Å². The Labute approximate surface area is 127 Å². The summed E-state index contributed by atoms with van der Waals surface area (Å²) in [6.45, 7) is 7.15. The van der Waals surface area contributed by atoms with Crippen LogP contribution < -0.4 is 5.32 Å². The van der Waals surface area contributed by atoms with Crippen LogP contribution in [0.1, 0.15) is 36.9 Å². The number of benzene rings is 1. The van der Waals surface area contributed by atoms with Gasteiger partial charge in [0, 0.05) is 5.54 Å². The van der Waals surface area contributed by atoms with Crippen LogP contribution in [0.3, 0.4) is 0 Å². The largest absolute Gasteiger partial charge is 0.360 e. The van der Waals surface area contributed by atoms with E-state index in [1.54, 1.807) is 6.92 Å². The second kappa shape index (κ2) is 5.48. The van der Waals surface area contributed by atoms with Crippen LogP contribution in [0, 0.1) is 12.7 Å². The molecule has 6 heteroatoms. The molecule has 0 bridgehead atoms. The van der Waals surface area contributed by atoms with Gasteiger partial charge in [0.25, 0.3) is 5.91 Å². The van der Waals surface area contributed by atoms with Gasteiger partial charge in [0.05, 0.1) is 10.6 Å². The highest BCUT2D eigenvalue weighted by atomic mass is 35.5. The summed E-state index contributed by atoms with van der Waals surface area (Å²) >= 11 is 6.03. The van der Waals surface area contributed by atoms with Gasteiger partial charge in [0.15, 0.2) is 0 Å². The van der Waals surface area contributed by atoms with E-state index in [1.165, 1.54) is 18.2 Å². The van der Waals surface area contributed by atoms with E-state index in [0.29, 0.717) is 5.76 Å². The third-order valence-corrected chi connectivity index (χ3v) is 3.09. The molecule has 2 aromatic rings. The Bertz CT molecular complexity index is 669. The Morgan fingerprint density at radius 3 is 2.62 bits per heavy atom. The average molecular weight is 311 g/mol. The van der Waals surface area contributed by atoms with Crippen LogP contribution in [0.15, 0.2) is 22.7 Å². The molecule has 21 heavy (non-hydrogen) atoms. The van der Waals surface area contributed by atoms with Crippen LogP contribution in [0.5, 0.6) is 0 Å². The fraction of sp³-hybridized carbons (Fsp3) is 0.333. The first-order valence-electron chi connectivity index (χ1n) is 6.44. The van der Waals surface area contributed by atoms with E-state index in [1.807, 2.05) is 20.8 Å². The lowest BCUT2D eigenvalue weighted by Crippen LogP contribution is -2.40. The smallest absolute Gasteiger partial charge is 0.257 e. The number of rotatable bonds is 2. The first kappa shape index (κ1) is 15.5. The van der Waals surface area contributed by atoms with E-state index >= 15 is 0 Å². The summed E-state index contributed by atoms with van der Waals surface area (Å²) in [5.41, 5.74) is -0.0683. The Balaban J connectivity index is 2.56. The molecule has 0 unspecified atom stereocenters. The molecule has 0 aliphatic heterocycles. The van der Waals surface area contributed by atoms with Gasteiger partial charge in [-0.05, 0) is 39.8 Å². The summed E-state index contributed by atoms with van der Waals surface area (Å²) in [7, 11) is 0. The number of halogens is 2. The zero-order chi connectivity index (χ0) is 15.8. The summed E-state index contributed by atoms with van der Waals surface area (Å²) in [6, 6.07) is 4.29. The normalized spacial score (nSPS) is 11.5. The van der Waals surface area contributed by atoms with Crippen molar-refractivity contribution >= 4 is 17.5 Å². The Morgan fingerprint density at radius 1 is 1.38 bits per heavy atom. The topological polar surface area (TPSA) is 55.1 Å². The van der Waals surface area contributed by atoms with Crippen LogP contribution in [-0.2, 0) is 0 Å². The maximum atomic E-state index is 14.0. The number of hydrogen-bond acceptors (Lipinski definition) is 3. The summed E-state index contributed by atoms with van der Waals surface area (Å²) in [6.07, 6.45) is 0. The van der Waals surface area contributed by atoms with Gasteiger partial charge in [-0.2, -0.15) is 0 Å². The summed E-state index contributed by atoms with van der Waals surface area (Å²) in [5, 5.41) is 6.78. The van der Waals surface area contributed by atoms with E-state index < -0.39 is 11.4 Å². The van der Waals surface area contributed by atoms with Gasteiger partial charge < -0.3 is 9.84 Å². The zero-order valence-electron chi connectivity index (χ0n) is 12.3. The van der Waals surface area contributed by atoms with Crippen molar-refractivity contribution in [1.29, 1.82) is 0 Å². The van der Waals surface area contributed by atoms with Gasteiger partial charge in [0.2, 0.25) is 0 Å². The number of nitrogens with zero attached hydrogens (tertiary/aromatic N) is 1. The molecule has 0 saturated heterocycles. The van der Waals surface area contributed by atoms with Crippen LogP contribution in [-0.4, -0.2) is 16.6 Å².